The summed E-state index contributed by atoms with van der Waals surface area (Å²) >= 11 is 0. The third kappa shape index (κ3) is 3.63. The third-order valence-electron chi connectivity index (χ3n) is 3.73. The number of phenolic OH excluding ortho intramolecular Hbond substituents is 2. The predicted octanol–water partition coefficient (Wildman–Crippen LogP) is 3.05. The van der Waals surface area contributed by atoms with Crippen molar-refractivity contribution in [2.24, 2.45) is 5.10 Å². The highest BCUT2D eigenvalue weighted by Gasteiger charge is 2.24. The second kappa shape index (κ2) is 6.32. The second-order valence-electron chi connectivity index (χ2n) is 6.20. The molecule has 0 unspecified atom stereocenters. The lowest BCUT2D eigenvalue weighted by Gasteiger charge is -2.28. The molecule has 0 aliphatic carbocycles. The first-order valence-corrected chi connectivity index (χ1v) is 7.72. The first kappa shape index (κ1) is 16.6. The first-order chi connectivity index (χ1) is 11.9. The molecule has 0 saturated heterocycles. The zero-order valence-electron chi connectivity index (χ0n) is 13.9. The molecule has 0 bridgehead atoms. The minimum absolute atomic E-state index is 0.0342. The largest absolute Gasteiger partial charge is 0.508 e. The van der Waals surface area contributed by atoms with Crippen LogP contribution in [0.5, 0.6) is 17.2 Å². The molecule has 3 rings (SSSR count). The van der Waals surface area contributed by atoms with Crippen LogP contribution >= 0.6 is 0 Å². The fraction of sp³-hybridized carbons (Fsp3) is 0.158. The average Bonchev–Trinajstić information content (AvgIpc) is 2.56. The van der Waals surface area contributed by atoms with E-state index in [-0.39, 0.29) is 11.5 Å². The number of nitrogens with one attached hydrogen (secondary N) is 1. The van der Waals surface area contributed by atoms with Crippen molar-refractivity contribution >= 4 is 18.2 Å². The van der Waals surface area contributed by atoms with Gasteiger partial charge < -0.3 is 14.9 Å². The number of carbonyl (C=O) groups is 1. The molecule has 0 aromatic heterocycles. The molecule has 3 N–H and O–H groups in total. The van der Waals surface area contributed by atoms with E-state index in [1.54, 1.807) is 18.2 Å². The Kier molecular flexibility index (Phi) is 4.19. The Hall–Kier alpha value is -3.28. The number of aromatic hydroxyl groups is 2. The summed E-state index contributed by atoms with van der Waals surface area (Å²) in [4.78, 5) is 11.9. The molecule has 0 radical (unpaired) electrons. The summed E-state index contributed by atoms with van der Waals surface area (Å²) in [5, 5.41) is 23.4. The average molecular weight is 338 g/mol. The maximum atomic E-state index is 11.9. The number of nitrogens with zero attached hydrogens (tertiary/aromatic N) is 1. The van der Waals surface area contributed by atoms with E-state index in [1.807, 2.05) is 19.9 Å². The van der Waals surface area contributed by atoms with Gasteiger partial charge in [0.2, 0.25) is 0 Å². The molecule has 0 spiro atoms. The Morgan fingerprint density at radius 2 is 1.88 bits per heavy atom. The van der Waals surface area contributed by atoms with Crippen LogP contribution in [-0.2, 0) is 0 Å². The van der Waals surface area contributed by atoms with Gasteiger partial charge in [-0.3, -0.25) is 4.79 Å². The highest BCUT2D eigenvalue weighted by atomic mass is 16.5. The molecule has 0 atom stereocenters. The molecule has 0 fully saturated rings. The van der Waals surface area contributed by atoms with Crippen LogP contribution in [0, 0.1) is 0 Å². The van der Waals surface area contributed by atoms with Crippen LogP contribution in [0.4, 0.5) is 0 Å². The van der Waals surface area contributed by atoms with Crippen molar-refractivity contribution in [1.29, 1.82) is 0 Å². The summed E-state index contributed by atoms with van der Waals surface area (Å²) in [6, 6.07) is 9.23. The molecule has 128 valence electrons. The van der Waals surface area contributed by atoms with E-state index in [1.165, 1.54) is 30.5 Å². The van der Waals surface area contributed by atoms with Crippen LogP contribution < -0.4 is 10.2 Å². The van der Waals surface area contributed by atoms with Gasteiger partial charge >= 0.3 is 0 Å². The van der Waals surface area contributed by atoms with Crippen molar-refractivity contribution in [1.82, 2.24) is 5.43 Å². The Labute approximate surface area is 145 Å². The van der Waals surface area contributed by atoms with Gasteiger partial charge in [0.15, 0.2) is 0 Å². The minimum atomic E-state index is -0.423. The lowest BCUT2D eigenvalue weighted by atomic mass is 10.00. The van der Waals surface area contributed by atoms with E-state index >= 15 is 0 Å². The lowest BCUT2D eigenvalue weighted by molar-refractivity contribution is 0.0955. The van der Waals surface area contributed by atoms with Crippen molar-refractivity contribution < 1.29 is 19.7 Å². The molecule has 1 aliphatic heterocycles. The number of carbonyl (C=O) groups excluding carboxylic acids is 1. The summed E-state index contributed by atoms with van der Waals surface area (Å²) in [5.41, 5.74) is 3.35. The Morgan fingerprint density at radius 3 is 2.60 bits per heavy atom. The van der Waals surface area contributed by atoms with Crippen LogP contribution in [0.1, 0.15) is 35.3 Å². The van der Waals surface area contributed by atoms with Crippen molar-refractivity contribution in [3.63, 3.8) is 0 Å². The van der Waals surface area contributed by atoms with E-state index < -0.39 is 11.5 Å². The molecule has 6 nitrogen and oxygen atoms in total. The number of hydrogen-bond donors (Lipinski definition) is 3. The van der Waals surface area contributed by atoms with Crippen LogP contribution in [0.3, 0.4) is 0 Å². The second-order valence-corrected chi connectivity index (χ2v) is 6.20. The highest BCUT2D eigenvalue weighted by molar-refractivity contribution is 5.95. The van der Waals surface area contributed by atoms with Crippen LogP contribution in [0.25, 0.3) is 6.08 Å². The molecule has 1 amide bonds. The third-order valence-corrected chi connectivity index (χ3v) is 3.73. The van der Waals surface area contributed by atoms with Gasteiger partial charge in [-0.25, -0.2) is 5.43 Å². The number of ether oxygens (including phenoxy) is 1. The highest BCUT2D eigenvalue weighted by Crippen LogP contribution is 2.37. The van der Waals surface area contributed by atoms with Crippen LogP contribution in [0.15, 0.2) is 47.6 Å². The SMILES string of the molecule is CC1(C)C=Cc2c(ccc(/C=N/NC(=O)c3ccc(O)cc3)c2O)O1. The molecule has 25 heavy (non-hydrogen) atoms. The van der Waals surface area contributed by atoms with Gasteiger partial charge in [0, 0.05) is 11.1 Å². The smallest absolute Gasteiger partial charge is 0.271 e. The van der Waals surface area contributed by atoms with Crippen LogP contribution in [-0.4, -0.2) is 27.9 Å². The number of hydrazone groups is 1. The molecule has 1 aliphatic rings. The molecule has 0 saturated carbocycles. The van der Waals surface area contributed by atoms with Gasteiger partial charge in [0.1, 0.15) is 22.8 Å². The zero-order valence-corrected chi connectivity index (χ0v) is 13.9. The Morgan fingerprint density at radius 1 is 1.16 bits per heavy atom. The van der Waals surface area contributed by atoms with Crippen molar-refractivity contribution in [2.75, 3.05) is 0 Å². The maximum absolute atomic E-state index is 11.9. The summed E-state index contributed by atoms with van der Waals surface area (Å²) in [5.74, 6) is 0.290. The summed E-state index contributed by atoms with van der Waals surface area (Å²) in [6.07, 6.45) is 5.03. The Bertz CT molecular complexity index is 868. The number of fused-ring (bicyclic) bond motifs is 1. The number of amides is 1. The number of phenols is 2. The lowest BCUT2D eigenvalue weighted by Crippen LogP contribution is -2.27. The monoisotopic (exact) mass is 338 g/mol. The molecule has 2 aromatic carbocycles. The van der Waals surface area contributed by atoms with Gasteiger partial charge in [-0.1, -0.05) is 0 Å². The predicted molar refractivity (Wildman–Crippen MR) is 95.0 cm³/mol. The van der Waals surface area contributed by atoms with E-state index in [0.717, 1.165) is 0 Å². The first-order valence-electron chi connectivity index (χ1n) is 7.72. The van der Waals surface area contributed by atoms with E-state index in [0.29, 0.717) is 22.4 Å². The van der Waals surface area contributed by atoms with Crippen molar-refractivity contribution in [2.45, 2.75) is 19.4 Å². The van der Waals surface area contributed by atoms with Crippen LogP contribution in [0.2, 0.25) is 0 Å². The summed E-state index contributed by atoms with van der Waals surface area (Å²) in [6.45, 7) is 3.86. The standard InChI is InChI=1S/C19H18N2O4/c1-19(2)10-9-15-16(25-19)8-5-13(17(15)23)11-20-21-18(24)12-3-6-14(22)7-4-12/h3-11,22-23H,1-2H3,(H,21,24)/b20-11+. The number of hydrogen-bond acceptors (Lipinski definition) is 5. The quantitative estimate of drug-likeness (QED) is 0.592. The van der Waals surface area contributed by atoms with Gasteiger partial charge in [-0.2, -0.15) is 5.10 Å². The van der Waals surface area contributed by atoms with Crippen molar-refractivity contribution in [3.8, 4) is 17.2 Å². The van der Waals surface area contributed by atoms with E-state index in [9.17, 15) is 15.0 Å². The minimum Gasteiger partial charge on any atom is -0.508 e. The molecule has 1 heterocycles. The van der Waals surface area contributed by atoms with Gasteiger partial charge in [-0.05, 0) is 62.4 Å². The maximum Gasteiger partial charge on any atom is 0.271 e. The molecule has 2 aromatic rings. The van der Waals surface area contributed by atoms with Gasteiger partial charge in [0.05, 0.1) is 11.8 Å². The van der Waals surface area contributed by atoms with Crippen molar-refractivity contribution in [3.05, 3.63) is 59.2 Å². The van der Waals surface area contributed by atoms with E-state index in [2.05, 4.69) is 10.5 Å². The fourth-order valence-corrected chi connectivity index (χ4v) is 2.40. The summed E-state index contributed by atoms with van der Waals surface area (Å²) < 4.78 is 5.78. The fourth-order valence-electron chi connectivity index (χ4n) is 2.40. The van der Waals surface area contributed by atoms with Gasteiger partial charge in [0.25, 0.3) is 5.91 Å². The molecular weight excluding hydrogens is 320 g/mol. The normalized spacial score (nSPS) is 14.8. The number of rotatable bonds is 3. The summed E-state index contributed by atoms with van der Waals surface area (Å²) in [7, 11) is 0. The topological polar surface area (TPSA) is 91.2 Å². The molecular formula is C19H18N2O4. The Balaban J connectivity index is 1.74. The molecule has 6 heteroatoms. The van der Waals surface area contributed by atoms with E-state index in [4.69, 9.17) is 4.74 Å². The van der Waals surface area contributed by atoms with Gasteiger partial charge in [-0.15, -0.1) is 0 Å². The number of benzene rings is 2. The zero-order chi connectivity index (χ0) is 18.0.